The lowest BCUT2D eigenvalue weighted by Gasteiger charge is -2.20. The quantitative estimate of drug-likeness (QED) is 0.655. The molecule has 0 fully saturated rings. The Bertz CT molecular complexity index is 1160. The Hall–Kier alpha value is -2.83. The fourth-order valence-electron chi connectivity index (χ4n) is 4.09. The Balaban J connectivity index is 1.96. The molecule has 0 bridgehead atoms. The fraction of sp³-hybridized carbons (Fsp3) is 0.238. The predicted octanol–water partition coefficient (Wildman–Crippen LogP) is 3.75. The van der Waals surface area contributed by atoms with Crippen molar-refractivity contribution in [2.75, 3.05) is 0 Å². The summed E-state index contributed by atoms with van der Waals surface area (Å²) in [5, 5.41) is 9.82. The minimum atomic E-state index is -1.53. The lowest BCUT2D eigenvalue weighted by Crippen LogP contribution is -2.26. The number of rotatable bonds is 3. The van der Waals surface area contributed by atoms with Gasteiger partial charge in [0.25, 0.3) is 0 Å². The third-order valence-corrected chi connectivity index (χ3v) is 5.64. The number of hydrogen-bond acceptors (Lipinski definition) is 4. The van der Waals surface area contributed by atoms with Crippen molar-refractivity contribution >= 4 is 28.7 Å². The summed E-state index contributed by atoms with van der Waals surface area (Å²) in [5.74, 6) is -0.363. The van der Waals surface area contributed by atoms with Gasteiger partial charge in [-0.3, -0.25) is 4.79 Å². The standard InChI is InChI=1S/C21H19ClN2O4/c1-2-24-10-18(28-21(26)27)20(25)14-8-13(15(22)9-17(14)24)19-12-6-4-3-5-11(12)7-16(19)23/h3-6,8-10,16,19H,2,7,23H2,1H3,(H,26,27). The van der Waals surface area contributed by atoms with Crippen LogP contribution in [0.4, 0.5) is 4.79 Å². The van der Waals surface area contributed by atoms with Gasteiger partial charge in [0.05, 0.1) is 11.7 Å². The summed E-state index contributed by atoms with van der Waals surface area (Å²) in [5.41, 5.74) is 9.59. The molecule has 1 aromatic heterocycles. The number of carboxylic acid groups (broad SMARTS) is 1. The molecule has 1 aliphatic rings. The Labute approximate surface area is 166 Å². The highest BCUT2D eigenvalue weighted by molar-refractivity contribution is 6.32. The first-order chi connectivity index (χ1) is 13.4. The van der Waals surface area contributed by atoms with Crippen LogP contribution in [0, 0.1) is 0 Å². The van der Waals surface area contributed by atoms with E-state index < -0.39 is 11.6 Å². The van der Waals surface area contributed by atoms with Gasteiger partial charge < -0.3 is 20.1 Å². The van der Waals surface area contributed by atoms with E-state index in [0.717, 1.165) is 17.5 Å². The molecule has 0 aliphatic heterocycles. The fourth-order valence-corrected chi connectivity index (χ4v) is 4.37. The molecule has 1 heterocycles. The van der Waals surface area contributed by atoms with Crippen LogP contribution in [0.5, 0.6) is 5.75 Å². The van der Waals surface area contributed by atoms with Crippen LogP contribution >= 0.6 is 11.6 Å². The third-order valence-electron chi connectivity index (χ3n) is 5.31. The predicted molar refractivity (Wildman–Crippen MR) is 108 cm³/mol. The highest BCUT2D eigenvalue weighted by Gasteiger charge is 2.32. The van der Waals surface area contributed by atoms with Crippen LogP contribution in [-0.2, 0) is 13.0 Å². The van der Waals surface area contributed by atoms with Gasteiger partial charge in [-0.25, -0.2) is 4.79 Å². The minimum absolute atomic E-state index is 0.133. The second-order valence-corrected chi connectivity index (χ2v) is 7.32. The van der Waals surface area contributed by atoms with Crippen LogP contribution < -0.4 is 15.9 Å². The molecule has 2 aromatic carbocycles. The molecule has 28 heavy (non-hydrogen) atoms. The van der Waals surface area contributed by atoms with Crippen LogP contribution in [-0.4, -0.2) is 21.9 Å². The van der Waals surface area contributed by atoms with Crippen molar-refractivity contribution in [3.8, 4) is 5.75 Å². The molecule has 2 unspecified atom stereocenters. The zero-order valence-corrected chi connectivity index (χ0v) is 15.9. The van der Waals surface area contributed by atoms with Gasteiger partial charge in [-0.1, -0.05) is 35.9 Å². The van der Waals surface area contributed by atoms with E-state index in [9.17, 15) is 9.59 Å². The van der Waals surface area contributed by atoms with E-state index in [1.54, 1.807) is 16.7 Å². The molecular formula is C21H19ClN2O4. The first kappa shape index (κ1) is 18.5. The molecule has 0 saturated carbocycles. The van der Waals surface area contributed by atoms with Crippen LogP contribution in [0.2, 0.25) is 5.02 Å². The normalized spacial score (nSPS) is 18.2. The van der Waals surface area contributed by atoms with Crippen molar-refractivity contribution in [3.05, 3.63) is 74.5 Å². The van der Waals surface area contributed by atoms with Gasteiger partial charge in [0.2, 0.25) is 5.43 Å². The molecule has 144 valence electrons. The lowest BCUT2D eigenvalue weighted by atomic mass is 9.89. The molecule has 2 atom stereocenters. The highest BCUT2D eigenvalue weighted by Crippen LogP contribution is 2.41. The summed E-state index contributed by atoms with van der Waals surface area (Å²) < 4.78 is 6.44. The van der Waals surface area contributed by atoms with Gasteiger partial charge in [0, 0.05) is 28.9 Å². The van der Waals surface area contributed by atoms with Crippen LogP contribution in [0.15, 0.2) is 47.4 Å². The van der Waals surface area contributed by atoms with Gasteiger partial charge in [-0.15, -0.1) is 0 Å². The molecule has 4 rings (SSSR count). The number of ether oxygens (including phenoxy) is 1. The molecule has 7 heteroatoms. The van der Waals surface area contributed by atoms with Gasteiger partial charge in [-0.05, 0) is 42.2 Å². The van der Waals surface area contributed by atoms with E-state index in [-0.39, 0.29) is 17.7 Å². The van der Waals surface area contributed by atoms with Crippen molar-refractivity contribution in [3.63, 3.8) is 0 Å². The Morgan fingerprint density at radius 3 is 2.79 bits per heavy atom. The lowest BCUT2D eigenvalue weighted by molar-refractivity contribution is 0.144. The Morgan fingerprint density at radius 1 is 1.32 bits per heavy atom. The molecule has 3 N–H and O–H groups in total. The number of aryl methyl sites for hydroxylation is 1. The van der Waals surface area contributed by atoms with Crippen molar-refractivity contribution in [1.82, 2.24) is 4.57 Å². The van der Waals surface area contributed by atoms with Crippen LogP contribution in [0.25, 0.3) is 10.9 Å². The zero-order valence-electron chi connectivity index (χ0n) is 15.2. The molecule has 6 nitrogen and oxygen atoms in total. The number of nitrogens with zero attached hydrogens (tertiary/aromatic N) is 1. The maximum absolute atomic E-state index is 12.9. The molecule has 0 radical (unpaired) electrons. The first-order valence-corrected chi connectivity index (χ1v) is 9.39. The summed E-state index contributed by atoms with van der Waals surface area (Å²) in [6.07, 6.45) is 0.599. The highest BCUT2D eigenvalue weighted by atomic mass is 35.5. The maximum Gasteiger partial charge on any atom is 0.511 e. The number of hydrogen-bond donors (Lipinski definition) is 2. The zero-order chi connectivity index (χ0) is 20.0. The van der Waals surface area contributed by atoms with E-state index in [1.807, 2.05) is 31.2 Å². The van der Waals surface area contributed by atoms with Gasteiger partial charge in [0.15, 0.2) is 5.75 Å². The number of fused-ring (bicyclic) bond motifs is 2. The average Bonchev–Trinajstić information content (AvgIpc) is 2.99. The summed E-state index contributed by atoms with van der Waals surface area (Å²) in [6.45, 7) is 2.41. The third kappa shape index (κ3) is 2.95. The summed E-state index contributed by atoms with van der Waals surface area (Å²) in [4.78, 5) is 23.8. The van der Waals surface area contributed by atoms with Gasteiger partial charge in [0.1, 0.15) is 0 Å². The van der Waals surface area contributed by atoms with E-state index >= 15 is 0 Å². The van der Waals surface area contributed by atoms with Crippen molar-refractivity contribution < 1.29 is 14.6 Å². The average molecular weight is 399 g/mol. The van der Waals surface area contributed by atoms with E-state index in [1.165, 1.54) is 11.8 Å². The van der Waals surface area contributed by atoms with Gasteiger partial charge >= 0.3 is 6.16 Å². The second-order valence-electron chi connectivity index (χ2n) is 6.91. The molecule has 0 saturated heterocycles. The topological polar surface area (TPSA) is 94.5 Å². The summed E-state index contributed by atoms with van der Waals surface area (Å²) in [6, 6.07) is 11.3. The van der Waals surface area contributed by atoms with E-state index in [4.69, 9.17) is 27.2 Å². The van der Waals surface area contributed by atoms with Crippen molar-refractivity contribution in [1.29, 1.82) is 0 Å². The van der Waals surface area contributed by atoms with Crippen LogP contribution in [0.3, 0.4) is 0 Å². The van der Waals surface area contributed by atoms with E-state index in [0.29, 0.717) is 22.5 Å². The summed E-state index contributed by atoms with van der Waals surface area (Å²) >= 11 is 6.62. The largest absolute Gasteiger partial charge is 0.511 e. The van der Waals surface area contributed by atoms with Crippen molar-refractivity contribution in [2.24, 2.45) is 5.73 Å². The minimum Gasteiger partial charge on any atom is -0.449 e. The number of halogens is 1. The molecule has 3 aromatic rings. The maximum atomic E-state index is 12.9. The number of benzene rings is 2. The molecular weight excluding hydrogens is 380 g/mol. The summed E-state index contributed by atoms with van der Waals surface area (Å²) in [7, 11) is 0. The molecule has 0 spiro atoms. The smallest absolute Gasteiger partial charge is 0.449 e. The molecule has 0 amide bonds. The second kappa shape index (κ2) is 6.96. The monoisotopic (exact) mass is 398 g/mol. The van der Waals surface area contributed by atoms with Crippen LogP contribution in [0.1, 0.15) is 29.5 Å². The Kier molecular flexibility index (Phi) is 4.61. The Morgan fingerprint density at radius 2 is 2.07 bits per heavy atom. The number of pyridine rings is 1. The number of nitrogens with two attached hydrogens (primary N) is 1. The first-order valence-electron chi connectivity index (χ1n) is 9.01. The molecule has 1 aliphatic carbocycles. The number of carbonyl (C=O) groups is 1. The van der Waals surface area contributed by atoms with E-state index in [2.05, 4.69) is 0 Å². The number of aromatic nitrogens is 1. The van der Waals surface area contributed by atoms with Gasteiger partial charge in [-0.2, -0.15) is 0 Å². The van der Waals surface area contributed by atoms with Crippen molar-refractivity contribution in [2.45, 2.75) is 31.8 Å². The SMILES string of the molecule is CCn1cc(OC(=O)O)c(=O)c2cc(C3c4ccccc4CC3N)c(Cl)cc21.